The predicted molar refractivity (Wildman–Crippen MR) is 90.0 cm³/mol. The summed E-state index contributed by atoms with van der Waals surface area (Å²) in [6.45, 7) is 1.72. The number of hydrogen-bond donors (Lipinski definition) is 2. The van der Waals surface area contributed by atoms with E-state index in [1.54, 1.807) is 12.3 Å². The molecule has 0 bridgehead atoms. The average molecular weight is 386 g/mol. The molecule has 138 valence electrons. The SMILES string of the molecule is Cc1csc(C(=O)Nc2ccc(F)c(C3N=C(N)C(F)CC3(F)F)c2)n1. The largest absolute Gasteiger partial charge is 0.385 e. The molecular weight excluding hydrogens is 372 g/mol. The third-order valence-electron chi connectivity index (χ3n) is 3.81. The lowest BCUT2D eigenvalue weighted by Crippen LogP contribution is -2.41. The van der Waals surface area contributed by atoms with Crippen molar-refractivity contribution in [3.63, 3.8) is 0 Å². The van der Waals surface area contributed by atoms with E-state index in [-0.39, 0.29) is 10.7 Å². The summed E-state index contributed by atoms with van der Waals surface area (Å²) in [6, 6.07) is 1.24. The van der Waals surface area contributed by atoms with E-state index in [1.165, 1.54) is 6.07 Å². The number of halogens is 4. The monoisotopic (exact) mass is 386 g/mol. The van der Waals surface area contributed by atoms with E-state index in [1.807, 2.05) is 0 Å². The van der Waals surface area contributed by atoms with Crippen LogP contribution in [0.15, 0.2) is 28.6 Å². The van der Waals surface area contributed by atoms with Crippen LogP contribution in [0.25, 0.3) is 0 Å². The number of thiazole rings is 1. The van der Waals surface area contributed by atoms with Gasteiger partial charge in [-0.25, -0.2) is 22.5 Å². The molecule has 2 heterocycles. The summed E-state index contributed by atoms with van der Waals surface area (Å²) in [4.78, 5) is 19.6. The smallest absolute Gasteiger partial charge is 0.284 e. The van der Waals surface area contributed by atoms with E-state index in [2.05, 4.69) is 15.3 Å². The summed E-state index contributed by atoms with van der Waals surface area (Å²) in [7, 11) is 0. The van der Waals surface area contributed by atoms with Crippen LogP contribution in [0, 0.1) is 12.7 Å². The molecule has 1 aliphatic heterocycles. The molecule has 0 aliphatic carbocycles. The summed E-state index contributed by atoms with van der Waals surface area (Å²) in [5, 5.41) is 4.33. The van der Waals surface area contributed by atoms with Crippen LogP contribution >= 0.6 is 11.3 Å². The van der Waals surface area contributed by atoms with Crippen LogP contribution in [0.4, 0.5) is 23.2 Å². The van der Waals surface area contributed by atoms with Gasteiger partial charge in [-0.3, -0.25) is 9.79 Å². The van der Waals surface area contributed by atoms with Gasteiger partial charge >= 0.3 is 0 Å². The van der Waals surface area contributed by atoms with Crippen molar-refractivity contribution in [3.8, 4) is 0 Å². The molecule has 0 saturated carbocycles. The van der Waals surface area contributed by atoms with Crippen LogP contribution in [0.1, 0.15) is 33.5 Å². The van der Waals surface area contributed by atoms with Gasteiger partial charge < -0.3 is 11.1 Å². The molecule has 0 fully saturated rings. The minimum atomic E-state index is -3.61. The lowest BCUT2D eigenvalue weighted by atomic mass is 9.93. The van der Waals surface area contributed by atoms with Crippen LogP contribution in [0.5, 0.6) is 0 Å². The number of rotatable bonds is 3. The molecule has 1 aromatic heterocycles. The number of nitrogens with two attached hydrogens (primary N) is 1. The summed E-state index contributed by atoms with van der Waals surface area (Å²) < 4.78 is 55.8. The van der Waals surface area contributed by atoms with E-state index >= 15 is 0 Å². The second-order valence-electron chi connectivity index (χ2n) is 5.87. The minimum Gasteiger partial charge on any atom is -0.385 e. The Morgan fingerprint density at radius 3 is 2.81 bits per heavy atom. The fourth-order valence-electron chi connectivity index (χ4n) is 2.55. The van der Waals surface area contributed by atoms with Gasteiger partial charge in [0, 0.05) is 22.3 Å². The fraction of sp³-hybridized carbons (Fsp3) is 0.312. The number of hydrogen-bond acceptors (Lipinski definition) is 5. The van der Waals surface area contributed by atoms with Crippen LogP contribution < -0.4 is 11.1 Å². The molecule has 1 amide bonds. The first kappa shape index (κ1) is 18.3. The number of aromatic nitrogens is 1. The van der Waals surface area contributed by atoms with E-state index in [0.717, 1.165) is 23.5 Å². The first-order valence-corrected chi connectivity index (χ1v) is 8.43. The Balaban J connectivity index is 1.92. The molecule has 1 aliphatic rings. The van der Waals surface area contributed by atoms with Gasteiger partial charge in [-0.15, -0.1) is 11.3 Å². The number of alkyl halides is 3. The lowest BCUT2D eigenvalue weighted by Gasteiger charge is -2.30. The van der Waals surface area contributed by atoms with E-state index < -0.39 is 47.7 Å². The molecule has 2 atom stereocenters. The summed E-state index contributed by atoms with van der Waals surface area (Å²) in [5.74, 6) is -5.72. The molecule has 2 unspecified atom stereocenters. The zero-order valence-electron chi connectivity index (χ0n) is 13.5. The topological polar surface area (TPSA) is 80.4 Å². The molecule has 3 rings (SSSR count). The Kier molecular flexibility index (Phi) is 4.70. The molecular formula is C16H14F4N4OS. The van der Waals surface area contributed by atoms with Gasteiger partial charge in [-0.1, -0.05) is 0 Å². The molecule has 2 aromatic rings. The number of aliphatic imine (C=N–C) groups is 1. The van der Waals surface area contributed by atoms with Gasteiger partial charge in [0.1, 0.15) is 17.7 Å². The molecule has 26 heavy (non-hydrogen) atoms. The number of nitrogens with zero attached hydrogens (tertiary/aromatic N) is 2. The lowest BCUT2D eigenvalue weighted by molar-refractivity contribution is -0.0511. The number of carbonyl (C=O) groups excluding carboxylic acids is 1. The Bertz CT molecular complexity index is 883. The average Bonchev–Trinajstić information content (AvgIpc) is 2.99. The molecule has 10 heteroatoms. The van der Waals surface area contributed by atoms with Gasteiger partial charge in [-0.2, -0.15) is 0 Å². The second-order valence-corrected chi connectivity index (χ2v) is 6.73. The maximum atomic E-state index is 14.2. The van der Waals surface area contributed by atoms with Crippen molar-refractivity contribution in [2.45, 2.75) is 31.5 Å². The maximum Gasteiger partial charge on any atom is 0.284 e. The van der Waals surface area contributed by atoms with Crippen molar-refractivity contribution in [1.29, 1.82) is 0 Å². The Labute approximate surface area is 150 Å². The normalized spacial score (nSPS) is 22.0. The number of amidine groups is 1. The number of benzene rings is 1. The number of amides is 1. The van der Waals surface area contributed by atoms with Gasteiger partial charge in [-0.05, 0) is 25.1 Å². The summed E-state index contributed by atoms with van der Waals surface area (Å²) in [5.41, 5.74) is 5.59. The summed E-state index contributed by atoms with van der Waals surface area (Å²) >= 11 is 1.12. The highest BCUT2D eigenvalue weighted by Gasteiger charge is 2.48. The van der Waals surface area contributed by atoms with Gasteiger partial charge in [0.2, 0.25) is 0 Å². The number of aryl methyl sites for hydroxylation is 1. The number of nitrogens with one attached hydrogen (secondary N) is 1. The zero-order chi connectivity index (χ0) is 19.1. The van der Waals surface area contributed by atoms with Crippen molar-refractivity contribution in [3.05, 3.63) is 45.7 Å². The van der Waals surface area contributed by atoms with Gasteiger partial charge in [0.05, 0.1) is 6.42 Å². The molecule has 3 N–H and O–H groups in total. The minimum absolute atomic E-state index is 0.0891. The zero-order valence-corrected chi connectivity index (χ0v) is 14.3. The first-order chi connectivity index (χ1) is 12.2. The Hall–Kier alpha value is -2.49. The van der Waals surface area contributed by atoms with Gasteiger partial charge in [0.15, 0.2) is 11.2 Å². The molecule has 0 radical (unpaired) electrons. The highest BCUT2D eigenvalue weighted by Crippen LogP contribution is 2.43. The maximum absolute atomic E-state index is 14.2. The molecule has 0 saturated heterocycles. The molecule has 0 spiro atoms. The van der Waals surface area contributed by atoms with Crippen LogP contribution in [-0.4, -0.2) is 28.8 Å². The highest BCUT2D eigenvalue weighted by atomic mass is 32.1. The third-order valence-corrected chi connectivity index (χ3v) is 4.77. The number of anilines is 1. The van der Waals surface area contributed by atoms with Crippen LogP contribution in [0.2, 0.25) is 0 Å². The third kappa shape index (κ3) is 3.55. The van der Waals surface area contributed by atoms with Crippen molar-refractivity contribution >= 4 is 28.8 Å². The van der Waals surface area contributed by atoms with E-state index in [9.17, 15) is 22.4 Å². The van der Waals surface area contributed by atoms with Gasteiger partial charge in [0.25, 0.3) is 11.8 Å². The van der Waals surface area contributed by atoms with Crippen LogP contribution in [-0.2, 0) is 0 Å². The Morgan fingerprint density at radius 1 is 1.42 bits per heavy atom. The fourth-order valence-corrected chi connectivity index (χ4v) is 3.24. The highest BCUT2D eigenvalue weighted by molar-refractivity contribution is 7.11. The van der Waals surface area contributed by atoms with Crippen molar-refractivity contribution in [2.24, 2.45) is 10.7 Å². The van der Waals surface area contributed by atoms with Crippen LogP contribution in [0.3, 0.4) is 0 Å². The quantitative estimate of drug-likeness (QED) is 0.791. The van der Waals surface area contributed by atoms with E-state index in [0.29, 0.717) is 5.69 Å². The van der Waals surface area contributed by atoms with Crippen molar-refractivity contribution in [2.75, 3.05) is 5.32 Å². The predicted octanol–water partition coefficient (Wildman–Crippen LogP) is 3.62. The summed E-state index contributed by atoms with van der Waals surface area (Å²) in [6.07, 6.45) is -3.26. The molecule has 1 aromatic carbocycles. The second kappa shape index (κ2) is 6.67. The van der Waals surface area contributed by atoms with E-state index in [4.69, 9.17) is 5.73 Å². The van der Waals surface area contributed by atoms with Crippen molar-refractivity contribution < 1.29 is 22.4 Å². The molecule has 5 nitrogen and oxygen atoms in total. The Morgan fingerprint density at radius 2 is 2.15 bits per heavy atom. The standard InChI is InChI=1S/C16H14F4N4OS/c1-7-6-26-15(22-7)14(25)23-8-2-3-10(17)9(4-8)12-16(19,20)5-11(18)13(21)24-12/h2-4,6,11-12H,5H2,1H3,(H2,21,24)(H,23,25). The number of carbonyl (C=O) groups is 1. The van der Waals surface area contributed by atoms with Crippen molar-refractivity contribution in [1.82, 2.24) is 4.98 Å². The first-order valence-electron chi connectivity index (χ1n) is 7.55.